The predicted molar refractivity (Wildman–Crippen MR) is 110 cm³/mol. The molecule has 148 valence electrons. The molecule has 4 rings (SSSR count). The highest BCUT2D eigenvalue weighted by atomic mass is 32.1. The van der Waals surface area contributed by atoms with Crippen LogP contribution in [-0.4, -0.2) is 35.1 Å². The summed E-state index contributed by atoms with van der Waals surface area (Å²) in [6, 6.07) is 17.6. The summed E-state index contributed by atoms with van der Waals surface area (Å²) in [5.41, 5.74) is 5.15. The largest absolute Gasteiger partial charge is 0.423 e. The Hall–Kier alpha value is -3.53. The zero-order valence-electron chi connectivity index (χ0n) is 15.8. The third kappa shape index (κ3) is 4.32. The number of H-pyrrole nitrogens is 1. The number of benzene rings is 2. The summed E-state index contributed by atoms with van der Waals surface area (Å²) in [5, 5.41) is 18.8. The number of hydrogen-bond acceptors (Lipinski definition) is 7. The summed E-state index contributed by atoms with van der Waals surface area (Å²) in [5.74, 6) is 1.52. The Morgan fingerprint density at radius 2 is 2.00 bits per heavy atom. The maximum absolute atomic E-state index is 5.92. The molecule has 10 heteroatoms. The molecule has 2 N–H and O–H groups in total. The number of ether oxygens (including phenoxy) is 1. The first-order valence-electron chi connectivity index (χ1n) is 9.25. The van der Waals surface area contributed by atoms with Crippen molar-refractivity contribution in [3.05, 3.63) is 70.8 Å². The Kier molecular flexibility index (Phi) is 5.61. The smallest absolute Gasteiger partial charge is 0.345 e. The van der Waals surface area contributed by atoms with Gasteiger partial charge in [-0.2, -0.15) is 9.78 Å². The molecule has 0 radical (unpaired) electrons. The molecule has 2 aromatic carbocycles. The first-order valence-corrected chi connectivity index (χ1v) is 9.66. The van der Waals surface area contributed by atoms with Crippen LogP contribution in [0.4, 0.5) is 0 Å². The van der Waals surface area contributed by atoms with Crippen molar-refractivity contribution >= 4 is 12.2 Å². The molecule has 0 aliphatic carbocycles. The number of nitrogens with zero attached hydrogens (tertiary/aromatic N) is 6. The SMILES string of the molecule is CCCc1n[nH]c(=S)n1NCc1cccc(Oc2nnnn2-c2ccccc2)c1. The Balaban J connectivity index is 1.49. The van der Waals surface area contributed by atoms with Crippen molar-refractivity contribution in [2.75, 3.05) is 5.43 Å². The van der Waals surface area contributed by atoms with E-state index in [-0.39, 0.29) is 0 Å². The van der Waals surface area contributed by atoms with Crippen LogP contribution < -0.4 is 10.2 Å². The number of tetrazole rings is 1. The van der Waals surface area contributed by atoms with Gasteiger partial charge in [-0.3, -0.25) is 5.10 Å². The molecule has 0 saturated heterocycles. The third-order valence-corrected chi connectivity index (χ3v) is 4.48. The van der Waals surface area contributed by atoms with Crippen molar-refractivity contribution in [3.8, 4) is 17.4 Å². The number of aromatic nitrogens is 7. The average Bonchev–Trinajstić information content (AvgIpc) is 3.34. The van der Waals surface area contributed by atoms with Crippen LogP contribution in [0, 0.1) is 4.77 Å². The third-order valence-electron chi connectivity index (χ3n) is 4.21. The summed E-state index contributed by atoms with van der Waals surface area (Å²) in [7, 11) is 0. The van der Waals surface area contributed by atoms with Gasteiger partial charge in [0.15, 0.2) is 5.82 Å². The van der Waals surface area contributed by atoms with Crippen LogP contribution >= 0.6 is 12.2 Å². The average molecular weight is 408 g/mol. The van der Waals surface area contributed by atoms with Gasteiger partial charge >= 0.3 is 6.01 Å². The van der Waals surface area contributed by atoms with Crippen LogP contribution in [0.15, 0.2) is 54.6 Å². The molecule has 0 aliphatic rings. The molecule has 2 heterocycles. The van der Waals surface area contributed by atoms with E-state index in [0.717, 1.165) is 29.9 Å². The minimum Gasteiger partial charge on any atom is -0.423 e. The molecule has 0 spiro atoms. The molecule has 0 atom stereocenters. The lowest BCUT2D eigenvalue weighted by Gasteiger charge is -2.11. The van der Waals surface area contributed by atoms with Gasteiger partial charge in [-0.15, -0.1) is 0 Å². The molecule has 0 unspecified atom stereocenters. The molecule has 0 bridgehead atoms. The lowest BCUT2D eigenvalue weighted by Crippen LogP contribution is -2.17. The van der Waals surface area contributed by atoms with E-state index in [1.807, 2.05) is 59.3 Å². The molecule has 9 nitrogen and oxygen atoms in total. The topological polar surface area (TPSA) is 98.5 Å². The van der Waals surface area contributed by atoms with Crippen molar-refractivity contribution in [1.82, 2.24) is 35.1 Å². The lowest BCUT2D eigenvalue weighted by molar-refractivity contribution is 0.427. The van der Waals surface area contributed by atoms with Gasteiger partial charge in [-0.1, -0.05) is 42.4 Å². The van der Waals surface area contributed by atoms with Crippen LogP contribution in [0.2, 0.25) is 0 Å². The highest BCUT2D eigenvalue weighted by molar-refractivity contribution is 7.71. The van der Waals surface area contributed by atoms with E-state index in [1.165, 1.54) is 0 Å². The van der Waals surface area contributed by atoms with Crippen LogP contribution in [0.5, 0.6) is 11.8 Å². The summed E-state index contributed by atoms with van der Waals surface area (Å²) >= 11 is 5.30. The number of hydrogen-bond donors (Lipinski definition) is 2. The van der Waals surface area contributed by atoms with Gasteiger partial charge in [0, 0.05) is 6.42 Å². The van der Waals surface area contributed by atoms with Gasteiger partial charge in [0.2, 0.25) is 4.77 Å². The molecule has 0 saturated carbocycles. The summed E-state index contributed by atoms with van der Waals surface area (Å²) in [4.78, 5) is 0. The van der Waals surface area contributed by atoms with E-state index in [1.54, 1.807) is 4.68 Å². The van der Waals surface area contributed by atoms with Crippen LogP contribution in [0.25, 0.3) is 5.69 Å². The first kappa shape index (κ1) is 18.8. The van der Waals surface area contributed by atoms with Crippen molar-refractivity contribution in [2.45, 2.75) is 26.3 Å². The molecule has 0 fully saturated rings. The standard InChI is InChI=1S/C19H20N8OS/c1-2-7-17-21-23-19(29)27(17)20-13-14-8-6-11-16(12-14)28-18-22-24-25-26(18)15-9-4-3-5-10-15/h3-6,8-12,20H,2,7,13H2,1H3,(H,23,29). The number of aryl methyl sites for hydroxylation is 1. The van der Waals surface area contributed by atoms with Gasteiger partial charge in [0.1, 0.15) is 5.75 Å². The van der Waals surface area contributed by atoms with E-state index in [2.05, 4.69) is 38.1 Å². The van der Waals surface area contributed by atoms with Gasteiger partial charge < -0.3 is 10.2 Å². The second-order valence-corrected chi connectivity index (χ2v) is 6.71. The van der Waals surface area contributed by atoms with Crippen LogP contribution in [0.3, 0.4) is 0 Å². The quantitative estimate of drug-likeness (QED) is 0.431. The number of nitrogens with one attached hydrogen (secondary N) is 2. The zero-order valence-corrected chi connectivity index (χ0v) is 16.6. The van der Waals surface area contributed by atoms with Crippen molar-refractivity contribution in [3.63, 3.8) is 0 Å². The summed E-state index contributed by atoms with van der Waals surface area (Å²) in [6.45, 7) is 2.66. The number of para-hydroxylation sites is 1. The maximum Gasteiger partial charge on any atom is 0.345 e. The van der Waals surface area contributed by atoms with Gasteiger partial charge in [-0.05, 0) is 58.9 Å². The molecule has 29 heavy (non-hydrogen) atoms. The second-order valence-electron chi connectivity index (χ2n) is 6.32. The van der Waals surface area contributed by atoms with E-state index < -0.39 is 0 Å². The molecule has 2 aromatic heterocycles. The fourth-order valence-corrected chi connectivity index (χ4v) is 3.07. The molecule has 0 amide bonds. The minimum absolute atomic E-state index is 0.295. The second kappa shape index (κ2) is 8.65. The summed E-state index contributed by atoms with van der Waals surface area (Å²) in [6.07, 6.45) is 1.83. The monoisotopic (exact) mass is 408 g/mol. The number of rotatable bonds is 8. The lowest BCUT2D eigenvalue weighted by atomic mass is 10.2. The highest BCUT2D eigenvalue weighted by Gasteiger charge is 2.11. The van der Waals surface area contributed by atoms with Crippen molar-refractivity contribution in [1.29, 1.82) is 0 Å². The van der Waals surface area contributed by atoms with Gasteiger partial charge in [-0.25, -0.2) is 4.68 Å². The van der Waals surface area contributed by atoms with E-state index >= 15 is 0 Å². The van der Waals surface area contributed by atoms with Gasteiger partial charge in [0.25, 0.3) is 0 Å². The van der Waals surface area contributed by atoms with Gasteiger partial charge in [0.05, 0.1) is 12.2 Å². The first-order chi connectivity index (χ1) is 14.2. The molecular formula is C19H20N8OS. The molecular weight excluding hydrogens is 388 g/mol. The Morgan fingerprint density at radius 3 is 2.83 bits per heavy atom. The molecule has 4 aromatic rings. The predicted octanol–water partition coefficient (Wildman–Crippen LogP) is 3.40. The van der Waals surface area contributed by atoms with E-state index in [4.69, 9.17) is 17.0 Å². The molecule has 0 aliphatic heterocycles. The Labute approximate surface area is 172 Å². The minimum atomic E-state index is 0.295. The Morgan fingerprint density at radius 1 is 1.14 bits per heavy atom. The fourth-order valence-electron chi connectivity index (χ4n) is 2.85. The Bertz CT molecular complexity index is 1130. The fraction of sp³-hybridized carbons (Fsp3) is 0.211. The summed E-state index contributed by atoms with van der Waals surface area (Å²) < 4.78 is 9.82. The normalized spacial score (nSPS) is 10.8. The van der Waals surface area contributed by atoms with Crippen molar-refractivity contribution in [2.24, 2.45) is 0 Å². The van der Waals surface area contributed by atoms with Crippen LogP contribution in [-0.2, 0) is 13.0 Å². The highest BCUT2D eigenvalue weighted by Crippen LogP contribution is 2.22. The van der Waals surface area contributed by atoms with Crippen molar-refractivity contribution < 1.29 is 4.74 Å². The maximum atomic E-state index is 5.92. The van der Waals surface area contributed by atoms with E-state index in [9.17, 15) is 0 Å². The zero-order chi connectivity index (χ0) is 20.1. The van der Waals surface area contributed by atoms with E-state index in [0.29, 0.717) is 23.1 Å². The van der Waals surface area contributed by atoms with Crippen LogP contribution in [0.1, 0.15) is 24.7 Å². The number of aromatic amines is 1.